The summed E-state index contributed by atoms with van der Waals surface area (Å²) in [6.07, 6.45) is -3.41. The summed E-state index contributed by atoms with van der Waals surface area (Å²) in [7, 11) is 2.78. The van der Waals surface area contributed by atoms with Gasteiger partial charge in [-0.15, -0.1) is 0 Å². The Kier molecular flexibility index (Phi) is 4.87. The Bertz CT molecular complexity index is 422. The van der Waals surface area contributed by atoms with E-state index in [4.69, 9.17) is 14.6 Å². The van der Waals surface area contributed by atoms with Gasteiger partial charge in [0.05, 0.1) is 26.7 Å². The van der Waals surface area contributed by atoms with Crippen molar-refractivity contribution < 1.29 is 29.6 Å². The molecule has 2 atom stereocenters. The molecule has 0 radical (unpaired) electrons. The molecular formula is C11H15NO6. The van der Waals surface area contributed by atoms with E-state index in [1.807, 2.05) is 0 Å². The molecule has 0 fully saturated rings. The minimum atomic E-state index is -1.44. The molecule has 7 nitrogen and oxygen atoms in total. The van der Waals surface area contributed by atoms with E-state index in [9.17, 15) is 15.0 Å². The summed E-state index contributed by atoms with van der Waals surface area (Å²) in [6, 6.07) is 2.94. The molecule has 0 amide bonds. The molecule has 0 saturated carbocycles. The topological polar surface area (TPSA) is 109 Å². The zero-order chi connectivity index (χ0) is 13.7. The number of aliphatic carboxylic acids is 1. The minimum absolute atomic E-state index is 0.0753. The summed E-state index contributed by atoms with van der Waals surface area (Å²) in [4.78, 5) is 14.4. The Labute approximate surface area is 104 Å². The highest BCUT2D eigenvalue weighted by atomic mass is 16.5. The van der Waals surface area contributed by atoms with Gasteiger partial charge in [-0.2, -0.15) is 4.98 Å². The summed E-state index contributed by atoms with van der Waals surface area (Å²) in [5, 5.41) is 27.9. The number of aliphatic hydroxyl groups is 2. The summed E-state index contributed by atoms with van der Waals surface area (Å²) < 4.78 is 9.84. The van der Waals surface area contributed by atoms with Gasteiger partial charge in [0, 0.05) is 11.6 Å². The van der Waals surface area contributed by atoms with Crippen molar-refractivity contribution in [3.63, 3.8) is 0 Å². The van der Waals surface area contributed by atoms with Crippen LogP contribution in [0.1, 0.15) is 18.1 Å². The number of hydrogen-bond donors (Lipinski definition) is 3. The molecule has 0 aliphatic rings. The van der Waals surface area contributed by atoms with Crippen LogP contribution >= 0.6 is 0 Å². The summed E-state index contributed by atoms with van der Waals surface area (Å²) in [5.41, 5.74) is 0.201. The molecule has 1 aromatic heterocycles. The van der Waals surface area contributed by atoms with Crippen LogP contribution in [0, 0.1) is 0 Å². The largest absolute Gasteiger partial charge is 0.481 e. The minimum Gasteiger partial charge on any atom is -0.481 e. The number of aromatic nitrogens is 1. The number of carboxylic acid groups (broad SMARTS) is 1. The molecule has 3 N–H and O–H groups in total. The highest BCUT2D eigenvalue weighted by Crippen LogP contribution is 2.28. The zero-order valence-corrected chi connectivity index (χ0v) is 10.0. The monoisotopic (exact) mass is 257 g/mol. The SMILES string of the molecule is COc1ccc(C(O)C(O)CC(=O)O)c(OC)n1. The summed E-state index contributed by atoms with van der Waals surface area (Å²) >= 11 is 0. The number of hydrogen-bond acceptors (Lipinski definition) is 6. The van der Waals surface area contributed by atoms with Crippen molar-refractivity contribution in [2.24, 2.45) is 0 Å². The predicted molar refractivity (Wildman–Crippen MR) is 60.6 cm³/mol. The lowest BCUT2D eigenvalue weighted by Crippen LogP contribution is -2.22. The van der Waals surface area contributed by atoms with Crippen LogP contribution in [0.4, 0.5) is 0 Å². The molecule has 18 heavy (non-hydrogen) atoms. The van der Waals surface area contributed by atoms with Gasteiger partial charge in [-0.25, -0.2) is 0 Å². The molecular weight excluding hydrogens is 242 g/mol. The van der Waals surface area contributed by atoms with Gasteiger partial charge in [-0.05, 0) is 6.07 Å². The molecule has 0 aliphatic carbocycles. The van der Waals surface area contributed by atoms with Crippen molar-refractivity contribution in [1.82, 2.24) is 4.98 Å². The van der Waals surface area contributed by atoms with Gasteiger partial charge in [0.15, 0.2) is 0 Å². The maximum absolute atomic E-state index is 10.5. The molecule has 2 unspecified atom stereocenters. The Morgan fingerprint density at radius 3 is 2.50 bits per heavy atom. The van der Waals surface area contributed by atoms with Crippen molar-refractivity contribution in [3.05, 3.63) is 17.7 Å². The van der Waals surface area contributed by atoms with Gasteiger partial charge in [-0.3, -0.25) is 4.79 Å². The van der Waals surface area contributed by atoms with Gasteiger partial charge < -0.3 is 24.8 Å². The number of rotatable bonds is 6. The van der Waals surface area contributed by atoms with Crippen LogP contribution in [0.2, 0.25) is 0 Å². The van der Waals surface area contributed by atoms with Crippen LogP contribution in [0.5, 0.6) is 11.8 Å². The van der Waals surface area contributed by atoms with E-state index in [0.717, 1.165) is 0 Å². The summed E-state index contributed by atoms with van der Waals surface area (Å²) in [6.45, 7) is 0. The van der Waals surface area contributed by atoms with Gasteiger partial charge in [0.25, 0.3) is 0 Å². The zero-order valence-electron chi connectivity index (χ0n) is 10.0. The number of carboxylic acids is 1. The first kappa shape index (κ1) is 14.2. The van der Waals surface area contributed by atoms with Gasteiger partial charge >= 0.3 is 5.97 Å². The molecule has 1 aromatic rings. The van der Waals surface area contributed by atoms with Crippen LogP contribution in [0.25, 0.3) is 0 Å². The van der Waals surface area contributed by atoms with Crippen molar-refractivity contribution in [2.75, 3.05) is 14.2 Å². The van der Waals surface area contributed by atoms with Gasteiger partial charge in [-0.1, -0.05) is 0 Å². The number of carbonyl (C=O) groups is 1. The fourth-order valence-electron chi connectivity index (χ4n) is 1.43. The van der Waals surface area contributed by atoms with E-state index in [1.54, 1.807) is 0 Å². The third-order valence-electron chi connectivity index (χ3n) is 2.33. The second-order valence-electron chi connectivity index (χ2n) is 3.56. The maximum atomic E-state index is 10.5. The van der Waals surface area contributed by atoms with E-state index in [0.29, 0.717) is 0 Å². The van der Waals surface area contributed by atoms with Crippen LogP contribution in [0.3, 0.4) is 0 Å². The van der Waals surface area contributed by atoms with Crippen LogP contribution in [0.15, 0.2) is 12.1 Å². The lowest BCUT2D eigenvalue weighted by Gasteiger charge is -2.18. The summed E-state index contributed by atoms with van der Waals surface area (Å²) in [5.74, 6) is -0.844. The van der Waals surface area contributed by atoms with Crippen molar-refractivity contribution in [3.8, 4) is 11.8 Å². The molecule has 0 bridgehead atoms. The van der Waals surface area contributed by atoms with Crippen LogP contribution in [-0.2, 0) is 4.79 Å². The fraction of sp³-hybridized carbons (Fsp3) is 0.455. The number of ether oxygens (including phenoxy) is 2. The van der Waals surface area contributed by atoms with Crippen molar-refractivity contribution in [2.45, 2.75) is 18.6 Å². The smallest absolute Gasteiger partial charge is 0.306 e. The highest BCUT2D eigenvalue weighted by Gasteiger charge is 2.25. The van der Waals surface area contributed by atoms with Crippen molar-refractivity contribution >= 4 is 5.97 Å². The lowest BCUT2D eigenvalue weighted by molar-refractivity contribution is -0.141. The number of nitrogens with zero attached hydrogens (tertiary/aromatic N) is 1. The van der Waals surface area contributed by atoms with Crippen LogP contribution in [-0.4, -0.2) is 46.6 Å². The fourth-order valence-corrected chi connectivity index (χ4v) is 1.43. The predicted octanol–water partition coefficient (Wildman–Crippen LogP) is -0.0322. The van der Waals surface area contributed by atoms with Crippen molar-refractivity contribution in [1.29, 1.82) is 0 Å². The van der Waals surface area contributed by atoms with Gasteiger partial charge in [0.1, 0.15) is 6.10 Å². The average Bonchev–Trinajstić information content (AvgIpc) is 2.36. The van der Waals surface area contributed by atoms with Gasteiger partial charge in [0.2, 0.25) is 11.8 Å². The number of pyridine rings is 1. The normalized spacial score (nSPS) is 13.8. The highest BCUT2D eigenvalue weighted by molar-refractivity contribution is 5.67. The molecule has 100 valence electrons. The Balaban J connectivity index is 2.97. The van der Waals surface area contributed by atoms with Crippen LogP contribution < -0.4 is 9.47 Å². The number of methoxy groups -OCH3 is 2. The molecule has 0 aromatic carbocycles. The molecule has 0 aliphatic heterocycles. The average molecular weight is 257 g/mol. The molecule has 0 spiro atoms. The lowest BCUT2D eigenvalue weighted by atomic mass is 10.0. The van der Waals surface area contributed by atoms with E-state index in [-0.39, 0.29) is 17.3 Å². The Morgan fingerprint density at radius 2 is 2.00 bits per heavy atom. The molecule has 1 rings (SSSR count). The van der Waals surface area contributed by atoms with E-state index < -0.39 is 24.6 Å². The first-order chi connectivity index (χ1) is 8.49. The third-order valence-corrected chi connectivity index (χ3v) is 2.33. The standard InChI is InChI=1S/C11H15NO6/c1-17-8-4-3-6(11(12-8)18-2)10(16)7(13)5-9(14)15/h3-4,7,10,13,16H,5H2,1-2H3,(H,14,15). The molecule has 7 heteroatoms. The maximum Gasteiger partial charge on any atom is 0.306 e. The quantitative estimate of drug-likeness (QED) is 0.656. The molecule has 0 saturated heterocycles. The first-order valence-corrected chi connectivity index (χ1v) is 5.16. The van der Waals surface area contributed by atoms with E-state index in [2.05, 4.69) is 4.98 Å². The Morgan fingerprint density at radius 1 is 1.33 bits per heavy atom. The Hall–Kier alpha value is -1.86. The first-order valence-electron chi connectivity index (χ1n) is 5.16. The van der Waals surface area contributed by atoms with E-state index >= 15 is 0 Å². The second-order valence-corrected chi connectivity index (χ2v) is 3.56. The molecule has 1 heterocycles. The number of aliphatic hydroxyl groups excluding tert-OH is 2. The third kappa shape index (κ3) is 3.31. The van der Waals surface area contributed by atoms with E-state index in [1.165, 1.54) is 26.4 Å². The second kappa shape index (κ2) is 6.18.